The highest BCUT2D eigenvalue weighted by Crippen LogP contribution is 2.38. The second-order valence-electron chi connectivity index (χ2n) is 5.95. The summed E-state index contributed by atoms with van der Waals surface area (Å²) in [5.74, 6) is 0.562. The van der Waals surface area contributed by atoms with Crippen LogP contribution >= 0.6 is 0 Å². The van der Waals surface area contributed by atoms with Gasteiger partial charge in [0.1, 0.15) is 5.76 Å². The largest absolute Gasteiger partial charge is 0.396 e. The lowest BCUT2D eigenvalue weighted by Crippen LogP contribution is -2.62. The zero-order chi connectivity index (χ0) is 14.2. The number of hydrogen-bond donors (Lipinski definition) is 2. The van der Waals surface area contributed by atoms with E-state index in [-0.39, 0.29) is 24.0 Å². The quantitative estimate of drug-likeness (QED) is 0.827. The molecule has 1 amide bonds. The van der Waals surface area contributed by atoms with Crippen molar-refractivity contribution in [3.63, 3.8) is 0 Å². The molecule has 0 unspecified atom stereocenters. The van der Waals surface area contributed by atoms with Gasteiger partial charge in [-0.2, -0.15) is 0 Å². The molecule has 2 atom stereocenters. The van der Waals surface area contributed by atoms with Gasteiger partial charge in [0, 0.05) is 30.6 Å². The second kappa shape index (κ2) is 5.18. The molecular formula is C14H21N3O3. The Bertz CT molecular complexity index is 502. The molecule has 6 nitrogen and oxygen atoms in total. The summed E-state index contributed by atoms with van der Waals surface area (Å²) in [4.78, 5) is 14.2. The van der Waals surface area contributed by atoms with Crippen LogP contribution < -0.4 is 5.32 Å². The standard InChI is InChI=1S/C14H21N3O3/c1-10-7-11(16-20-10)13(19)17-6-4-14(9-18)3-2-5-15-12(14)8-17/h7,12,15,18H,2-6,8-9H2,1H3/t12-,14-/m1/s1. The van der Waals surface area contributed by atoms with Crippen molar-refractivity contribution >= 4 is 5.91 Å². The summed E-state index contributed by atoms with van der Waals surface area (Å²) in [5, 5.41) is 17.0. The Labute approximate surface area is 118 Å². The SMILES string of the molecule is Cc1cc(C(=O)N2CC[C@@]3(CO)CCCN[C@@H]3C2)no1. The molecule has 1 aromatic rings. The van der Waals surface area contributed by atoms with Crippen LogP contribution in [0, 0.1) is 12.3 Å². The van der Waals surface area contributed by atoms with Crippen LogP contribution in [0.2, 0.25) is 0 Å². The highest BCUT2D eigenvalue weighted by molar-refractivity contribution is 5.92. The van der Waals surface area contributed by atoms with E-state index in [0.717, 1.165) is 25.8 Å². The average molecular weight is 279 g/mol. The lowest BCUT2D eigenvalue weighted by molar-refractivity contribution is -0.00909. The van der Waals surface area contributed by atoms with Crippen LogP contribution in [0.5, 0.6) is 0 Å². The van der Waals surface area contributed by atoms with E-state index in [2.05, 4.69) is 10.5 Å². The number of rotatable bonds is 2. The summed E-state index contributed by atoms with van der Waals surface area (Å²) in [7, 11) is 0. The van der Waals surface area contributed by atoms with Crippen LogP contribution in [0.3, 0.4) is 0 Å². The first-order valence-corrected chi connectivity index (χ1v) is 7.21. The number of hydrogen-bond acceptors (Lipinski definition) is 5. The topological polar surface area (TPSA) is 78.6 Å². The first-order chi connectivity index (χ1) is 9.64. The summed E-state index contributed by atoms with van der Waals surface area (Å²) < 4.78 is 4.97. The third-order valence-corrected chi connectivity index (χ3v) is 4.71. The molecule has 3 rings (SSSR count). The van der Waals surface area contributed by atoms with Crippen LogP contribution in [0.1, 0.15) is 35.5 Å². The molecule has 0 bridgehead atoms. The molecule has 1 aromatic heterocycles. The van der Waals surface area contributed by atoms with Crippen molar-refractivity contribution in [3.8, 4) is 0 Å². The van der Waals surface area contributed by atoms with Crippen LogP contribution in [0.4, 0.5) is 0 Å². The van der Waals surface area contributed by atoms with Gasteiger partial charge in [0.05, 0.1) is 6.61 Å². The van der Waals surface area contributed by atoms with E-state index >= 15 is 0 Å². The van der Waals surface area contributed by atoms with E-state index in [0.29, 0.717) is 24.5 Å². The van der Waals surface area contributed by atoms with Crippen molar-refractivity contribution in [3.05, 3.63) is 17.5 Å². The number of carbonyl (C=O) groups excluding carboxylic acids is 1. The number of carbonyl (C=O) groups is 1. The maximum absolute atomic E-state index is 12.4. The first-order valence-electron chi connectivity index (χ1n) is 7.21. The van der Waals surface area contributed by atoms with E-state index in [1.165, 1.54) is 0 Å². The van der Waals surface area contributed by atoms with E-state index < -0.39 is 0 Å². The molecule has 0 aliphatic carbocycles. The van der Waals surface area contributed by atoms with Gasteiger partial charge in [-0.3, -0.25) is 4.79 Å². The molecule has 0 saturated carbocycles. The maximum atomic E-state index is 12.4. The monoisotopic (exact) mass is 279 g/mol. The van der Waals surface area contributed by atoms with Crippen molar-refractivity contribution in [2.45, 2.75) is 32.2 Å². The van der Waals surface area contributed by atoms with Gasteiger partial charge >= 0.3 is 0 Å². The smallest absolute Gasteiger partial charge is 0.276 e. The summed E-state index contributed by atoms with van der Waals surface area (Å²) in [6.45, 7) is 4.22. The molecule has 0 aromatic carbocycles. The second-order valence-corrected chi connectivity index (χ2v) is 5.95. The van der Waals surface area contributed by atoms with Crippen molar-refractivity contribution < 1.29 is 14.4 Å². The molecule has 0 radical (unpaired) electrons. The number of nitrogens with zero attached hydrogens (tertiary/aromatic N) is 2. The minimum absolute atomic E-state index is 0.0607. The molecule has 110 valence electrons. The summed E-state index contributed by atoms with van der Waals surface area (Å²) in [6.07, 6.45) is 2.96. The Hall–Kier alpha value is -1.40. The normalized spacial score (nSPS) is 30.1. The first kappa shape index (κ1) is 13.6. The fraction of sp³-hybridized carbons (Fsp3) is 0.714. The van der Waals surface area contributed by atoms with Gasteiger partial charge < -0.3 is 19.8 Å². The summed E-state index contributed by atoms with van der Waals surface area (Å²) in [5.41, 5.74) is 0.309. The van der Waals surface area contributed by atoms with Crippen molar-refractivity contribution in [2.75, 3.05) is 26.2 Å². The van der Waals surface area contributed by atoms with Crippen molar-refractivity contribution in [2.24, 2.45) is 5.41 Å². The Kier molecular flexibility index (Phi) is 3.52. The molecule has 2 saturated heterocycles. The third-order valence-electron chi connectivity index (χ3n) is 4.71. The van der Waals surface area contributed by atoms with Crippen LogP contribution in [0.15, 0.2) is 10.6 Å². The molecule has 2 fully saturated rings. The van der Waals surface area contributed by atoms with Gasteiger partial charge in [-0.15, -0.1) is 0 Å². The molecule has 0 spiro atoms. The highest BCUT2D eigenvalue weighted by Gasteiger charge is 2.45. The van der Waals surface area contributed by atoms with Gasteiger partial charge in [0.15, 0.2) is 5.69 Å². The number of nitrogens with one attached hydrogen (secondary N) is 1. The maximum Gasteiger partial charge on any atom is 0.276 e. The van der Waals surface area contributed by atoms with Gasteiger partial charge in [-0.25, -0.2) is 0 Å². The third kappa shape index (κ3) is 2.23. The highest BCUT2D eigenvalue weighted by atomic mass is 16.5. The lowest BCUT2D eigenvalue weighted by Gasteiger charge is -2.50. The van der Waals surface area contributed by atoms with E-state index in [1.54, 1.807) is 13.0 Å². The fourth-order valence-electron chi connectivity index (χ4n) is 3.42. The summed E-state index contributed by atoms with van der Waals surface area (Å²) >= 11 is 0. The molecule has 3 heterocycles. The van der Waals surface area contributed by atoms with Gasteiger partial charge in [0.2, 0.25) is 0 Å². The Balaban J connectivity index is 1.73. The molecule has 2 aliphatic rings. The molecule has 6 heteroatoms. The van der Waals surface area contributed by atoms with Crippen LogP contribution in [0.25, 0.3) is 0 Å². The van der Waals surface area contributed by atoms with E-state index in [9.17, 15) is 9.90 Å². The van der Waals surface area contributed by atoms with E-state index in [1.807, 2.05) is 4.90 Å². The molecule has 2 N–H and O–H groups in total. The predicted molar refractivity (Wildman–Crippen MR) is 72.3 cm³/mol. The van der Waals surface area contributed by atoms with Crippen LogP contribution in [-0.2, 0) is 0 Å². The zero-order valence-corrected chi connectivity index (χ0v) is 11.8. The Morgan fingerprint density at radius 2 is 2.50 bits per heavy atom. The van der Waals surface area contributed by atoms with Crippen molar-refractivity contribution in [1.82, 2.24) is 15.4 Å². The minimum Gasteiger partial charge on any atom is -0.396 e. The zero-order valence-electron chi connectivity index (χ0n) is 11.8. The lowest BCUT2D eigenvalue weighted by atomic mass is 9.70. The fourth-order valence-corrected chi connectivity index (χ4v) is 3.42. The number of aliphatic hydroxyl groups is 1. The van der Waals surface area contributed by atoms with Gasteiger partial charge in [-0.05, 0) is 32.7 Å². The number of fused-ring (bicyclic) bond motifs is 1. The number of aryl methyl sites for hydroxylation is 1. The minimum atomic E-state index is -0.0826. The number of amides is 1. The summed E-state index contributed by atoms with van der Waals surface area (Å²) in [6, 6.07) is 1.84. The molecule has 2 aliphatic heterocycles. The Morgan fingerprint density at radius 3 is 3.20 bits per heavy atom. The Morgan fingerprint density at radius 1 is 1.65 bits per heavy atom. The van der Waals surface area contributed by atoms with Crippen LogP contribution in [-0.4, -0.2) is 53.4 Å². The number of piperidine rings is 2. The predicted octanol–water partition coefficient (Wildman–Crippen LogP) is 0.560. The van der Waals surface area contributed by atoms with E-state index in [4.69, 9.17) is 4.52 Å². The average Bonchev–Trinajstić information content (AvgIpc) is 2.92. The molecule has 20 heavy (non-hydrogen) atoms. The van der Waals surface area contributed by atoms with Crippen molar-refractivity contribution in [1.29, 1.82) is 0 Å². The molecular weight excluding hydrogens is 258 g/mol. The number of aliphatic hydroxyl groups excluding tert-OH is 1. The number of likely N-dealkylation sites (tertiary alicyclic amines) is 1. The van der Waals surface area contributed by atoms with Gasteiger partial charge in [0.25, 0.3) is 5.91 Å². The van der Waals surface area contributed by atoms with Gasteiger partial charge in [-0.1, -0.05) is 5.16 Å². The number of aromatic nitrogens is 1.